The fraction of sp³-hybridized carbons (Fsp3) is 1.00. The molecule has 0 rings (SSSR count). The van der Waals surface area contributed by atoms with Gasteiger partial charge >= 0.3 is 35.4 Å². The van der Waals surface area contributed by atoms with Crippen LogP contribution >= 0.6 is 7.82 Å². The zero-order valence-corrected chi connectivity index (χ0v) is 9.87. The molecular formula is C4H13O5PZr. The van der Waals surface area contributed by atoms with Crippen LogP contribution < -0.4 is 0 Å². The van der Waals surface area contributed by atoms with E-state index in [2.05, 4.69) is 13.8 Å². The molecular weight excluding hydrogens is 250 g/mol. The fourth-order valence-electron chi connectivity index (χ4n) is 0. The van der Waals surface area contributed by atoms with Crippen LogP contribution in [-0.4, -0.2) is 14.7 Å². The summed E-state index contributed by atoms with van der Waals surface area (Å²) in [5.74, 6) is 0. The van der Waals surface area contributed by atoms with Crippen molar-refractivity contribution in [2.75, 3.05) is 0 Å². The maximum atomic E-state index is 8.88. The average molecular weight is 263 g/mol. The molecule has 0 bridgehead atoms. The van der Waals surface area contributed by atoms with Crippen molar-refractivity contribution in [1.82, 2.24) is 0 Å². The summed E-state index contributed by atoms with van der Waals surface area (Å²) < 4.78 is 17.2. The van der Waals surface area contributed by atoms with Gasteiger partial charge in [0.25, 0.3) is 0 Å². The Morgan fingerprint density at radius 1 is 1.09 bits per heavy atom. The van der Waals surface area contributed by atoms with Crippen molar-refractivity contribution < 1.29 is 46.8 Å². The Labute approximate surface area is 81.4 Å². The van der Waals surface area contributed by atoms with Gasteiger partial charge < -0.3 is 14.7 Å². The first-order chi connectivity index (χ1) is 4.91. The van der Waals surface area contributed by atoms with Gasteiger partial charge in [-0.25, -0.2) is 4.57 Å². The van der Waals surface area contributed by atoms with E-state index in [4.69, 9.17) is 22.1 Å². The Morgan fingerprint density at radius 3 is 1.18 bits per heavy atom. The molecule has 0 heterocycles. The van der Waals surface area contributed by atoms with Crippen LogP contribution in [0.5, 0.6) is 0 Å². The van der Waals surface area contributed by atoms with Gasteiger partial charge in [-0.2, -0.15) is 0 Å². The van der Waals surface area contributed by atoms with Crippen molar-refractivity contribution in [1.29, 1.82) is 0 Å². The van der Waals surface area contributed by atoms with E-state index >= 15 is 0 Å². The number of phosphoric acid groups is 1. The first-order valence-electron chi connectivity index (χ1n) is 2.90. The van der Waals surface area contributed by atoms with Gasteiger partial charge in [0.05, 0.1) is 0 Å². The van der Waals surface area contributed by atoms with E-state index in [1.807, 2.05) is 0 Å². The van der Waals surface area contributed by atoms with Gasteiger partial charge in [0.2, 0.25) is 0 Å². The summed E-state index contributed by atoms with van der Waals surface area (Å²) in [5.41, 5.74) is 0. The van der Waals surface area contributed by atoms with Gasteiger partial charge in [-0.05, 0) is 0 Å². The molecule has 0 atom stereocenters. The van der Waals surface area contributed by atoms with Crippen molar-refractivity contribution in [3.8, 4) is 0 Å². The molecule has 0 amide bonds. The Bertz CT molecular complexity index is 92.4. The molecule has 0 saturated carbocycles. The van der Waals surface area contributed by atoms with Crippen LogP contribution in [0.25, 0.3) is 0 Å². The van der Waals surface area contributed by atoms with Crippen molar-refractivity contribution in [2.24, 2.45) is 0 Å². The van der Waals surface area contributed by atoms with Gasteiger partial charge in [0, 0.05) is 0 Å². The first kappa shape index (κ1) is 17.8. The van der Waals surface area contributed by atoms with Crippen LogP contribution in [-0.2, 0) is 32.1 Å². The molecule has 5 nitrogen and oxygen atoms in total. The van der Waals surface area contributed by atoms with E-state index < -0.39 is 7.82 Å². The molecule has 0 saturated heterocycles. The Balaban J connectivity index is -0.0000000965. The van der Waals surface area contributed by atoms with Crippen LogP contribution in [0.4, 0.5) is 0 Å². The van der Waals surface area contributed by atoms with Crippen LogP contribution in [0.1, 0.15) is 26.7 Å². The average Bonchev–Trinajstić information content (AvgIpc) is 1.89. The van der Waals surface area contributed by atoms with Gasteiger partial charge in [-0.1, -0.05) is 26.7 Å². The normalized spacial score (nSPS) is 8.36. The summed E-state index contributed by atoms with van der Waals surface area (Å²) in [6.45, 7) is 4.36. The SMILES string of the molecule is CCCC.O=P(O)(O)O.[O]=[Zr]. The van der Waals surface area contributed by atoms with E-state index in [1.165, 1.54) is 12.8 Å². The Kier molecular flexibility index (Phi) is 21.6. The maximum absolute atomic E-state index is 8.88. The van der Waals surface area contributed by atoms with Crippen LogP contribution in [0.15, 0.2) is 0 Å². The van der Waals surface area contributed by atoms with Crippen molar-refractivity contribution in [2.45, 2.75) is 26.7 Å². The molecule has 11 heavy (non-hydrogen) atoms. The van der Waals surface area contributed by atoms with E-state index in [0.29, 0.717) is 24.7 Å². The number of hydrogen-bond donors (Lipinski definition) is 3. The summed E-state index contributed by atoms with van der Waals surface area (Å²) >= 11 is 0.300. The van der Waals surface area contributed by atoms with E-state index in [0.717, 1.165) is 0 Å². The predicted molar refractivity (Wildman–Crippen MR) is 35.5 cm³/mol. The molecule has 0 aliphatic carbocycles. The zero-order chi connectivity index (χ0) is 9.91. The summed E-state index contributed by atoms with van der Waals surface area (Å²) in [4.78, 5) is 21.6. The molecule has 0 aliphatic rings. The standard InChI is InChI=1S/C4H10.H3O4P.O.Zr/c1-3-4-2;1-5(2,3)4;;/h3-4H2,1-2H3;(H3,1,2,3,4);;. The molecule has 0 aromatic heterocycles. The Morgan fingerprint density at radius 2 is 1.18 bits per heavy atom. The summed E-state index contributed by atoms with van der Waals surface area (Å²) in [7, 11) is -4.64. The fourth-order valence-corrected chi connectivity index (χ4v) is 0. The molecule has 0 spiro atoms. The molecule has 68 valence electrons. The van der Waals surface area contributed by atoms with Crippen LogP contribution in [0.2, 0.25) is 0 Å². The van der Waals surface area contributed by atoms with Gasteiger partial charge in [0.15, 0.2) is 0 Å². The van der Waals surface area contributed by atoms with Crippen molar-refractivity contribution in [3.05, 3.63) is 0 Å². The topological polar surface area (TPSA) is 94.8 Å². The molecule has 0 fully saturated rings. The monoisotopic (exact) mass is 262 g/mol. The van der Waals surface area contributed by atoms with Gasteiger partial charge in [-0.15, -0.1) is 0 Å². The third-order valence-electron chi connectivity index (χ3n) is 0.500. The molecule has 0 aromatic carbocycles. The second-order valence-corrected chi connectivity index (χ2v) is 2.54. The minimum absolute atomic E-state index is 0.300. The van der Waals surface area contributed by atoms with Gasteiger partial charge in [0.1, 0.15) is 0 Å². The summed E-state index contributed by atoms with van der Waals surface area (Å²) in [5, 5.41) is 0. The second-order valence-electron chi connectivity index (χ2n) is 1.51. The minimum atomic E-state index is -4.64. The predicted octanol–water partition coefficient (Wildman–Crippen LogP) is 0.756. The van der Waals surface area contributed by atoms with E-state index in [1.54, 1.807) is 0 Å². The van der Waals surface area contributed by atoms with E-state index in [-0.39, 0.29) is 0 Å². The summed E-state index contributed by atoms with van der Waals surface area (Å²) in [6, 6.07) is 0. The summed E-state index contributed by atoms with van der Waals surface area (Å²) in [6.07, 6.45) is 2.64. The van der Waals surface area contributed by atoms with Crippen LogP contribution in [0, 0.1) is 0 Å². The molecule has 0 unspecified atom stereocenters. The number of unbranched alkanes of at least 4 members (excludes halogenated alkanes) is 1. The third kappa shape index (κ3) is 260. The van der Waals surface area contributed by atoms with Crippen molar-refractivity contribution >= 4 is 7.82 Å². The quantitative estimate of drug-likeness (QED) is 0.607. The first-order valence-corrected chi connectivity index (χ1v) is 5.47. The zero-order valence-electron chi connectivity index (χ0n) is 6.52. The molecule has 0 aliphatic heterocycles. The van der Waals surface area contributed by atoms with Crippen LogP contribution in [0.3, 0.4) is 0 Å². The molecule has 0 radical (unpaired) electrons. The van der Waals surface area contributed by atoms with Crippen molar-refractivity contribution in [3.63, 3.8) is 0 Å². The molecule has 3 N–H and O–H groups in total. The molecule has 0 aromatic rings. The third-order valence-corrected chi connectivity index (χ3v) is 0.500. The Hall–Kier alpha value is 0.793. The number of hydrogen-bond acceptors (Lipinski definition) is 2. The molecule has 7 heteroatoms. The van der Waals surface area contributed by atoms with Gasteiger partial charge in [-0.3, -0.25) is 0 Å². The second kappa shape index (κ2) is 13.4. The van der Waals surface area contributed by atoms with E-state index in [9.17, 15) is 0 Å². The number of rotatable bonds is 1.